The van der Waals surface area contributed by atoms with Gasteiger partial charge in [0.15, 0.2) is 0 Å². The molecule has 0 saturated carbocycles. The summed E-state index contributed by atoms with van der Waals surface area (Å²) in [5.74, 6) is 0.203. The second-order valence-corrected chi connectivity index (χ2v) is 8.70. The summed E-state index contributed by atoms with van der Waals surface area (Å²) < 4.78 is 31.6. The zero-order valence-corrected chi connectivity index (χ0v) is 17.5. The van der Waals surface area contributed by atoms with Gasteiger partial charge in [-0.3, -0.25) is 4.79 Å². The summed E-state index contributed by atoms with van der Waals surface area (Å²) in [5.41, 5.74) is 2.67. The Morgan fingerprint density at radius 3 is 2.07 bits per heavy atom. The Balaban J connectivity index is 2.02. The van der Waals surface area contributed by atoms with E-state index in [1.165, 1.54) is 36.9 Å². The number of nitrogens with one attached hydrogen (secondary N) is 2. The summed E-state index contributed by atoms with van der Waals surface area (Å²) in [4.78, 5) is 12.6. The van der Waals surface area contributed by atoms with Crippen LogP contribution in [0, 0.1) is 0 Å². The number of rotatable bonds is 9. The number of benzene rings is 2. The highest BCUT2D eigenvalue weighted by atomic mass is 32.2. The predicted molar refractivity (Wildman–Crippen MR) is 110 cm³/mol. The first-order chi connectivity index (χ1) is 13.2. The monoisotopic (exact) mass is 404 g/mol. The molecule has 0 aromatic heterocycles. The minimum atomic E-state index is -3.61. The number of ether oxygens (including phenoxy) is 1. The molecule has 0 aliphatic heterocycles. The van der Waals surface area contributed by atoms with E-state index in [-0.39, 0.29) is 30.0 Å². The second-order valence-electron chi connectivity index (χ2n) is 6.93. The topological polar surface area (TPSA) is 84.5 Å². The number of carbonyl (C=O) groups excluding carboxylic acids is 1. The van der Waals surface area contributed by atoms with Gasteiger partial charge in [-0.05, 0) is 48.2 Å². The van der Waals surface area contributed by atoms with E-state index in [4.69, 9.17) is 4.74 Å². The molecule has 6 nitrogen and oxygen atoms in total. The Morgan fingerprint density at radius 2 is 1.54 bits per heavy atom. The first-order valence-electron chi connectivity index (χ1n) is 9.24. The molecule has 0 fully saturated rings. The van der Waals surface area contributed by atoms with Gasteiger partial charge in [0.25, 0.3) is 5.91 Å². The zero-order valence-electron chi connectivity index (χ0n) is 16.7. The van der Waals surface area contributed by atoms with Crippen LogP contribution in [0.5, 0.6) is 0 Å². The number of hydrogen-bond acceptors (Lipinski definition) is 4. The summed E-state index contributed by atoms with van der Waals surface area (Å²) in [6.45, 7) is 6.67. The van der Waals surface area contributed by atoms with Crippen LogP contribution in [0.2, 0.25) is 0 Å². The molecule has 1 unspecified atom stereocenters. The lowest BCUT2D eigenvalue weighted by Crippen LogP contribution is -2.28. The molecule has 0 heterocycles. The molecule has 1 atom stereocenters. The summed E-state index contributed by atoms with van der Waals surface area (Å²) in [6.07, 6.45) is 0. The highest BCUT2D eigenvalue weighted by Crippen LogP contribution is 2.19. The van der Waals surface area contributed by atoms with Crippen molar-refractivity contribution in [3.05, 3.63) is 65.2 Å². The van der Waals surface area contributed by atoms with Crippen molar-refractivity contribution in [2.24, 2.45) is 0 Å². The Hall–Kier alpha value is -2.22. The molecule has 152 valence electrons. The van der Waals surface area contributed by atoms with Gasteiger partial charge in [-0.1, -0.05) is 38.1 Å². The van der Waals surface area contributed by atoms with Crippen LogP contribution in [0.4, 0.5) is 0 Å². The van der Waals surface area contributed by atoms with Crippen molar-refractivity contribution >= 4 is 15.9 Å². The van der Waals surface area contributed by atoms with Crippen LogP contribution in [0.25, 0.3) is 0 Å². The average molecular weight is 405 g/mol. The van der Waals surface area contributed by atoms with E-state index >= 15 is 0 Å². The fraction of sp³-hybridized carbons (Fsp3) is 0.381. The summed E-state index contributed by atoms with van der Waals surface area (Å²) in [7, 11) is -2.11. The van der Waals surface area contributed by atoms with Gasteiger partial charge >= 0.3 is 0 Å². The van der Waals surface area contributed by atoms with Crippen LogP contribution >= 0.6 is 0 Å². The first-order valence-corrected chi connectivity index (χ1v) is 10.7. The van der Waals surface area contributed by atoms with Crippen LogP contribution in [0.3, 0.4) is 0 Å². The van der Waals surface area contributed by atoms with Crippen LogP contribution in [0.15, 0.2) is 53.4 Å². The molecule has 0 aliphatic rings. The van der Waals surface area contributed by atoms with Crippen LogP contribution < -0.4 is 10.0 Å². The summed E-state index contributed by atoms with van der Waals surface area (Å²) in [6, 6.07) is 13.9. The molecule has 2 N–H and O–H groups in total. The molecule has 0 bridgehead atoms. The normalized spacial score (nSPS) is 12.8. The second kappa shape index (κ2) is 9.82. The van der Waals surface area contributed by atoms with E-state index < -0.39 is 10.0 Å². The van der Waals surface area contributed by atoms with Crippen LogP contribution in [0.1, 0.15) is 54.2 Å². The maximum absolute atomic E-state index is 12.5. The minimum Gasteiger partial charge on any atom is -0.383 e. The molecular weight excluding hydrogens is 376 g/mol. The standard InChI is InChI=1S/C21H28N2O4S/c1-15(2)17-5-7-18(8-6-17)16(3)23-21(24)19-9-11-20(12-10-19)28(25,26)22-13-14-27-4/h5-12,15-16,22H,13-14H2,1-4H3,(H,23,24). The van der Waals surface area contributed by atoms with Crippen LogP contribution in [-0.4, -0.2) is 34.6 Å². The molecule has 0 aliphatic carbocycles. The SMILES string of the molecule is COCCNS(=O)(=O)c1ccc(C(=O)NC(C)c2ccc(C(C)C)cc2)cc1. The average Bonchev–Trinajstić information content (AvgIpc) is 2.68. The zero-order chi connectivity index (χ0) is 20.7. The van der Waals surface area contributed by atoms with Crippen molar-refractivity contribution in [2.75, 3.05) is 20.3 Å². The maximum Gasteiger partial charge on any atom is 0.251 e. The van der Waals surface area contributed by atoms with Crippen molar-refractivity contribution in [1.82, 2.24) is 10.0 Å². The third-order valence-corrected chi connectivity index (χ3v) is 5.95. The van der Waals surface area contributed by atoms with E-state index in [9.17, 15) is 13.2 Å². The number of sulfonamides is 1. The molecular formula is C21H28N2O4S. The van der Waals surface area contributed by atoms with Crippen molar-refractivity contribution < 1.29 is 17.9 Å². The van der Waals surface area contributed by atoms with Gasteiger partial charge in [-0.2, -0.15) is 0 Å². The Labute approximate surface area is 167 Å². The van der Waals surface area contributed by atoms with E-state index in [2.05, 4.69) is 36.0 Å². The highest BCUT2D eigenvalue weighted by molar-refractivity contribution is 7.89. The van der Waals surface area contributed by atoms with Gasteiger partial charge in [0, 0.05) is 19.2 Å². The number of carbonyl (C=O) groups is 1. The van der Waals surface area contributed by atoms with Gasteiger partial charge in [-0.25, -0.2) is 13.1 Å². The molecule has 2 aromatic rings. The highest BCUT2D eigenvalue weighted by Gasteiger charge is 2.16. The quantitative estimate of drug-likeness (QED) is 0.629. The molecule has 7 heteroatoms. The molecule has 0 radical (unpaired) electrons. The molecule has 0 saturated heterocycles. The number of amides is 1. The minimum absolute atomic E-state index is 0.109. The predicted octanol–water partition coefficient (Wildman–Crippen LogP) is 3.23. The maximum atomic E-state index is 12.5. The summed E-state index contributed by atoms with van der Waals surface area (Å²) >= 11 is 0. The fourth-order valence-electron chi connectivity index (χ4n) is 2.68. The van der Waals surface area contributed by atoms with Crippen molar-refractivity contribution in [1.29, 1.82) is 0 Å². The lowest BCUT2D eigenvalue weighted by molar-refractivity contribution is 0.0940. The first kappa shape index (κ1) is 22.1. The largest absolute Gasteiger partial charge is 0.383 e. The smallest absolute Gasteiger partial charge is 0.251 e. The molecule has 28 heavy (non-hydrogen) atoms. The lowest BCUT2D eigenvalue weighted by atomic mass is 9.99. The van der Waals surface area contributed by atoms with Gasteiger partial charge < -0.3 is 10.1 Å². The Morgan fingerprint density at radius 1 is 0.964 bits per heavy atom. The molecule has 0 spiro atoms. The molecule has 1 amide bonds. The molecule has 2 aromatic carbocycles. The third kappa shape index (κ3) is 5.89. The van der Waals surface area contributed by atoms with E-state index in [0.717, 1.165) is 5.56 Å². The number of methoxy groups -OCH3 is 1. The third-order valence-electron chi connectivity index (χ3n) is 4.48. The van der Waals surface area contributed by atoms with Crippen molar-refractivity contribution in [2.45, 2.75) is 37.6 Å². The van der Waals surface area contributed by atoms with Gasteiger partial charge in [0.2, 0.25) is 10.0 Å². The van der Waals surface area contributed by atoms with Crippen LogP contribution in [-0.2, 0) is 14.8 Å². The fourth-order valence-corrected chi connectivity index (χ4v) is 3.69. The van der Waals surface area contributed by atoms with E-state index in [0.29, 0.717) is 11.5 Å². The van der Waals surface area contributed by atoms with Crippen molar-refractivity contribution in [3.63, 3.8) is 0 Å². The van der Waals surface area contributed by atoms with Gasteiger partial charge in [0.05, 0.1) is 17.5 Å². The summed E-state index contributed by atoms with van der Waals surface area (Å²) in [5, 5.41) is 2.94. The Kier molecular flexibility index (Phi) is 7.74. The van der Waals surface area contributed by atoms with Gasteiger partial charge in [-0.15, -0.1) is 0 Å². The Bertz CT molecular complexity index is 876. The van der Waals surface area contributed by atoms with E-state index in [1.807, 2.05) is 19.1 Å². The van der Waals surface area contributed by atoms with Crippen molar-refractivity contribution in [3.8, 4) is 0 Å². The van der Waals surface area contributed by atoms with E-state index in [1.54, 1.807) is 0 Å². The number of hydrogen-bond donors (Lipinski definition) is 2. The van der Waals surface area contributed by atoms with Gasteiger partial charge in [0.1, 0.15) is 0 Å². The molecule has 2 rings (SSSR count). The lowest BCUT2D eigenvalue weighted by Gasteiger charge is -2.16.